The van der Waals surface area contributed by atoms with Gasteiger partial charge in [-0.1, -0.05) is 13.8 Å². The van der Waals surface area contributed by atoms with E-state index in [1.807, 2.05) is 13.8 Å². The lowest BCUT2D eigenvalue weighted by molar-refractivity contribution is 0.243. The monoisotopic (exact) mass is 195 g/mol. The van der Waals surface area contributed by atoms with E-state index in [0.29, 0.717) is 6.54 Å². The topological polar surface area (TPSA) is 55.4 Å². The van der Waals surface area contributed by atoms with Crippen LogP contribution in [0.1, 0.15) is 27.7 Å². The van der Waals surface area contributed by atoms with E-state index in [1.54, 1.807) is 13.8 Å². The third-order valence-electron chi connectivity index (χ3n) is 0.987. The van der Waals surface area contributed by atoms with Gasteiger partial charge in [-0.05, 0) is 19.8 Å². The molecule has 0 unspecified atom stereocenters. The van der Waals surface area contributed by atoms with E-state index in [1.165, 1.54) is 0 Å². The Kier molecular flexibility index (Phi) is 4.74. The number of rotatable bonds is 5. The number of hydrogen-bond acceptors (Lipinski definition) is 3. The summed E-state index contributed by atoms with van der Waals surface area (Å²) >= 11 is 0. The van der Waals surface area contributed by atoms with Crippen LogP contribution in [-0.4, -0.2) is 21.1 Å². The van der Waals surface area contributed by atoms with Crippen molar-refractivity contribution in [2.75, 3.05) is 6.54 Å². The molecule has 1 N–H and O–H groups in total. The summed E-state index contributed by atoms with van der Waals surface area (Å²) in [6, 6.07) is 0. The van der Waals surface area contributed by atoms with E-state index >= 15 is 0 Å². The standard InChI is InChI=1S/C7H17NO3S/c1-6(2)5-8-12(9,10)11-7(3)4/h6-8H,5H2,1-4H3. The molecule has 0 radical (unpaired) electrons. The van der Waals surface area contributed by atoms with Gasteiger partial charge >= 0.3 is 10.3 Å². The molecule has 0 aliphatic heterocycles. The van der Waals surface area contributed by atoms with Crippen molar-refractivity contribution in [2.24, 2.45) is 5.92 Å². The minimum atomic E-state index is -3.53. The van der Waals surface area contributed by atoms with Crippen molar-refractivity contribution < 1.29 is 12.6 Å². The first-order valence-corrected chi connectivity index (χ1v) is 5.42. The first-order valence-electron chi connectivity index (χ1n) is 4.01. The van der Waals surface area contributed by atoms with E-state index in [4.69, 9.17) is 0 Å². The van der Waals surface area contributed by atoms with E-state index in [-0.39, 0.29) is 12.0 Å². The highest BCUT2D eigenvalue weighted by Gasteiger charge is 2.12. The molecule has 0 spiro atoms. The smallest absolute Gasteiger partial charge is 0.255 e. The zero-order chi connectivity index (χ0) is 9.78. The molecule has 0 amide bonds. The lowest BCUT2D eigenvalue weighted by Gasteiger charge is -2.10. The third kappa shape index (κ3) is 6.57. The Morgan fingerprint density at radius 3 is 2.08 bits per heavy atom. The van der Waals surface area contributed by atoms with Crippen LogP contribution < -0.4 is 4.72 Å². The molecule has 0 bridgehead atoms. The van der Waals surface area contributed by atoms with Crippen LogP contribution in [-0.2, 0) is 14.5 Å². The molecule has 0 saturated heterocycles. The third-order valence-corrected chi connectivity index (χ3v) is 2.15. The summed E-state index contributed by atoms with van der Waals surface area (Å²) in [5, 5.41) is 0. The summed E-state index contributed by atoms with van der Waals surface area (Å²) in [6.45, 7) is 7.62. The zero-order valence-corrected chi connectivity index (χ0v) is 8.81. The van der Waals surface area contributed by atoms with Crippen LogP contribution in [0, 0.1) is 5.92 Å². The molecule has 0 saturated carbocycles. The maximum absolute atomic E-state index is 11.0. The Morgan fingerprint density at radius 1 is 1.25 bits per heavy atom. The minimum absolute atomic E-state index is 0.288. The molecular weight excluding hydrogens is 178 g/mol. The van der Waals surface area contributed by atoms with Crippen LogP contribution in [0.15, 0.2) is 0 Å². The van der Waals surface area contributed by atoms with Gasteiger partial charge in [-0.2, -0.15) is 13.1 Å². The van der Waals surface area contributed by atoms with Crippen LogP contribution in [0.25, 0.3) is 0 Å². The number of nitrogens with one attached hydrogen (secondary N) is 1. The first-order chi connectivity index (χ1) is 5.33. The molecule has 0 aromatic carbocycles. The van der Waals surface area contributed by atoms with Crippen LogP contribution in [0.3, 0.4) is 0 Å². The van der Waals surface area contributed by atoms with Gasteiger partial charge in [0.25, 0.3) is 0 Å². The summed E-state index contributed by atoms with van der Waals surface area (Å²) < 4.78 is 29.0. The molecule has 0 aromatic heterocycles. The van der Waals surface area contributed by atoms with Crippen molar-refractivity contribution in [3.63, 3.8) is 0 Å². The normalized spacial score (nSPS) is 12.8. The molecule has 4 nitrogen and oxygen atoms in total. The van der Waals surface area contributed by atoms with Gasteiger partial charge in [0.05, 0.1) is 6.10 Å². The van der Waals surface area contributed by atoms with Gasteiger partial charge in [0.2, 0.25) is 0 Å². The summed E-state index contributed by atoms with van der Waals surface area (Å²) in [7, 11) is -3.53. The van der Waals surface area contributed by atoms with Gasteiger partial charge in [-0.3, -0.25) is 4.18 Å². The van der Waals surface area contributed by atoms with Crippen molar-refractivity contribution in [2.45, 2.75) is 33.8 Å². The Hall–Kier alpha value is -0.130. The quantitative estimate of drug-likeness (QED) is 0.709. The highest BCUT2D eigenvalue weighted by atomic mass is 32.2. The predicted molar refractivity (Wildman–Crippen MR) is 48.0 cm³/mol. The van der Waals surface area contributed by atoms with Crippen LogP contribution in [0.5, 0.6) is 0 Å². The average molecular weight is 195 g/mol. The molecule has 0 rings (SSSR count). The summed E-state index contributed by atoms with van der Waals surface area (Å²) in [5.41, 5.74) is 0. The van der Waals surface area contributed by atoms with Crippen molar-refractivity contribution >= 4 is 10.3 Å². The van der Waals surface area contributed by atoms with Gasteiger partial charge in [0.15, 0.2) is 0 Å². The highest BCUT2D eigenvalue weighted by molar-refractivity contribution is 7.84. The van der Waals surface area contributed by atoms with E-state index in [9.17, 15) is 8.42 Å². The van der Waals surface area contributed by atoms with Crippen molar-refractivity contribution in [1.82, 2.24) is 4.72 Å². The Labute approximate surface area is 74.6 Å². The van der Waals surface area contributed by atoms with Crippen molar-refractivity contribution in [1.29, 1.82) is 0 Å². The van der Waals surface area contributed by atoms with Crippen molar-refractivity contribution in [3.05, 3.63) is 0 Å². The molecule has 0 aliphatic carbocycles. The molecule has 74 valence electrons. The van der Waals surface area contributed by atoms with Gasteiger partial charge in [0, 0.05) is 6.54 Å². The lowest BCUT2D eigenvalue weighted by Crippen LogP contribution is -2.31. The lowest BCUT2D eigenvalue weighted by atomic mass is 10.2. The SMILES string of the molecule is CC(C)CNS(=O)(=O)OC(C)C. The molecule has 12 heavy (non-hydrogen) atoms. The Bertz CT molecular complexity index is 209. The van der Waals surface area contributed by atoms with Crippen LogP contribution in [0.2, 0.25) is 0 Å². The summed E-state index contributed by atoms with van der Waals surface area (Å²) in [4.78, 5) is 0. The Balaban J connectivity index is 3.89. The predicted octanol–water partition coefficient (Wildman–Crippen LogP) is 0.902. The molecule has 0 aliphatic rings. The van der Waals surface area contributed by atoms with Crippen LogP contribution in [0.4, 0.5) is 0 Å². The molecule has 0 atom stereocenters. The fourth-order valence-electron chi connectivity index (χ4n) is 0.556. The highest BCUT2D eigenvalue weighted by Crippen LogP contribution is 1.97. The van der Waals surface area contributed by atoms with E-state index in [2.05, 4.69) is 8.91 Å². The van der Waals surface area contributed by atoms with Gasteiger partial charge in [-0.25, -0.2) is 0 Å². The maximum atomic E-state index is 11.0. The van der Waals surface area contributed by atoms with Gasteiger partial charge in [-0.15, -0.1) is 0 Å². The fourth-order valence-corrected chi connectivity index (χ4v) is 1.67. The molecule has 5 heteroatoms. The summed E-state index contributed by atoms with van der Waals surface area (Å²) in [6.07, 6.45) is -0.310. The zero-order valence-electron chi connectivity index (χ0n) is 7.99. The molecule has 0 heterocycles. The average Bonchev–Trinajstić information content (AvgIpc) is 1.81. The van der Waals surface area contributed by atoms with Gasteiger partial charge in [0.1, 0.15) is 0 Å². The van der Waals surface area contributed by atoms with E-state index < -0.39 is 10.3 Å². The first kappa shape index (κ1) is 11.9. The molecular formula is C7H17NO3S. The minimum Gasteiger partial charge on any atom is -0.255 e. The second-order valence-electron chi connectivity index (χ2n) is 3.34. The Morgan fingerprint density at radius 2 is 1.75 bits per heavy atom. The molecule has 0 aromatic rings. The molecule has 0 fully saturated rings. The maximum Gasteiger partial charge on any atom is 0.336 e. The van der Waals surface area contributed by atoms with Crippen LogP contribution >= 0.6 is 0 Å². The second-order valence-corrected chi connectivity index (χ2v) is 4.73. The largest absolute Gasteiger partial charge is 0.336 e. The fraction of sp³-hybridized carbons (Fsp3) is 1.00. The summed E-state index contributed by atoms with van der Waals surface area (Å²) in [5.74, 6) is 0.288. The van der Waals surface area contributed by atoms with Crippen molar-refractivity contribution in [3.8, 4) is 0 Å². The second kappa shape index (κ2) is 4.79. The van der Waals surface area contributed by atoms with Gasteiger partial charge < -0.3 is 0 Å². The van der Waals surface area contributed by atoms with E-state index in [0.717, 1.165) is 0 Å². The number of hydrogen-bond donors (Lipinski definition) is 1.